The lowest BCUT2D eigenvalue weighted by molar-refractivity contribution is -0.251. The van der Waals surface area contributed by atoms with Gasteiger partial charge in [0.05, 0.1) is 7.11 Å². The summed E-state index contributed by atoms with van der Waals surface area (Å²) < 4.78 is 43.9. The molecule has 9 heteroatoms. The van der Waals surface area contributed by atoms with Gasteiger partial charge in [0.2, 0.25) is 5.60 Å². The number of hydrogen-bond donors (Lipinski definition) is 1. The number of carbonyl (C=O) groups excluding carboxylic acids is 2. The number of methoxy groups -OCH3 is 1. The fourth-order valence-corrected chi connectivity index (χ4v) is 3.41. The van der Waals surface area contributed by atoms with E-state index in [1.165, 1.54) is 7.11 Å². The molecule has 0 aliphatic carbocycles. The molecule has 0 radical (unpaired) electrons. The van der Waals surface area contributed by atoms with Crippen molar-refractivity contribution >= 4 is 11.8 Å². The van der Waals surface area contributed by atoms with Crippen LogP contribution in [-0.2, 0) is 4.79 Å². The zero-order valence-electron chi connectivity index (χ0n) is 16.3. The lowest BCUT2D eigenvalue weighted by Gasteiger charge is -2.43. The van der Waals surface area contributed by atoms with Crippen LogP contribution >= 0.6 is 0 Å². The summed E-state index contributed by atoms with van der Waals surface area (Å²) in [6.07, 6.45) is -4.73. The van der Waals surface area contributed by atoms with Crippen molar-refractivity contribution in [3.8, 4) is 5.75 Å². The van der Waals surface area contributed by atoms with Crippen molar-refractivity contribution in [3.63, 3.8) is 0 Å². The smallest absolute Gasteiger partial charge is 0.426 e. The molecular weight excluding hydrogens is 377 g/mol. The van der Waals surface area contributed by atoms with E-state index in [0.29, 0.717) is 24.7 Å². The van der Waals surface area contributed by atoms with E-state index in [-0.39, 0.29) is 31.0 Å². The molecule has 1 saturated heterocycles. The number of aliphatic hydroxyl groups is 1. The van der Waals surface area contributed by atoms with Crippen LogP contribution in [0.4, 0.5) is 13.2 Å². The first-order chi connectivity index (χ1) is 12.9. The van der Waals surface area contributed by atoms with Crippen LogP contribution in [0.15, 0.2) is 24.3 Å². The van der Waals surface area contributed by atoms with Crippen LogP contribution in [0.1, 0.15) is 30.6 Å². The Kier molecular flexibility index (Phi) is 6.27. The Morgan fingerprint density at radius 1 is 1.25 bits per heavy atom. The molecule has 0 bridgehead atoms. The van der Waals surface area contributed by atoms with Crippen LogP contribution in [0.3, 0.4) is 0 Å². The Labute approximate surface area is 161 Å². The van der Waals surface area contributed by atoms with Crippen LogP contribution in [0.5, 0.6) is 5.75 Å². The fourth-order valence-electron chi connectivity index (χ4n) is 3.41. The Hall–Kier alpha value is -2.29. The molecule has 1 aromatic rings. The van der Waals surface area contributed by atoms with E-state index in [0.717, 1.165) is 4.90 Å². The van der Waals surface area contributed by atoms with Crippen molar-refractivity contribution in [2.24, 2.45) is 5.92 Å². The van der Waals surface area contributed by atoms with Gasteiger partial charge in [0.25, 0.3) is 11.8 Å². The van der Waals surface area contributed by atoms with Gasteiger partial charge in [-0.05, 0) is 43.5 Å². The molecule has 3 atom stereocenters. The number of nitrogens with zero attached hydrogens (tertiary/aromatic N) is 2. The second kappa shape index (κ2) is 7.98. The SMILES string of the molecule is COc1ccc(C(=O)N(C)C2CCN(C(=O)C(C)(O)C(F)(F)F)CC2C)cc1. The molecule has 0 spiro atoms. The monoisotopic (exact) mass is 402 g/mol. The zero-order chi connectivity index (χ0) is 21.3. The molecule has 28 heavy (non-hydrogen) atoms. The average Bonchev–Trinajstić information content (AvgIpc) is 2.65. The number of carbonyl (C=O) groups is 2. The molecule has 1 aromatic carbocycles. The van der Waals surface area contributed by atoms with E-state index in [1.54, 1.807) is 43.1 Å². The molecule has 1 aliphatic rings. The van der Waals surface area contributed by atoms with Gasteiger partial charge >= 0.3 is 6.18 Å². The van der Waals surface area contributed by atoms with Crippen molar-refractivity contribution in [2.45, 2.75) is 38.1 Å². The van der Waals surface area contributed by atoms with Crippen molar-refractivity contribution in [2.75, 3.05) is 27.2 Å². The molecule has 156 valence electrons. The number of alkyl halides is 3. The van der Waals surface area contributed by atoms with E-state index in [1.807, 2.05) is 0 Å². The van der Waals surface area contributed by atoms with Gasteiger partial charge in [0.1, 0.15) is 5.75 Å². The Bertz CT molecular complexity index is 719. The number of piperidine rings is 1. The topological polar surface area (TPSA) is 70.1 Å². The summed E-state index contributed by atoms with van der Waals surface area (Å²) in [6.45, 7) is 2.28. The fraction of sp³-hybridized carbons (Fsp3) is 0.579. The van der Waals surface area contributed by atoms with Gasteiger partial charge in [-0.25, -0.2) is 0 Å². The van der Waals surface area contributed by atoms with E-state index in [9.17, 15) is 27.9 Å². The maximum atomic E-state index is 12.9. The van der Waals surface area contributed by atoms with Gasteiger partial charge in [-0.2, -0.15) is 13.2 Å². The van der Waals surface area contributed by atoms with E-state index < -0.39 is 17.7 Å². The van der Waals surface area contributed by atoms with Gasteiger partial charge in [-0.15, -0.1) is 0 Å². The molecule has 1 heterocycles. The number of rotatable bonds is 4. The maximum absolute atomic E-state index is 12.9. The first-order valence-corrected chi connectivity index (χ1v) is 8.89. The number of likely N-dealkylation sites (tertiary alicyclic amines) is 1. The molecule has 2 rings (SSSR count). The minimum atomic E-state index is -5.05. The van der Waals surface area contributed by atoms with E-state index in [4.69, 9.17) is 4.74 Å². The lowest BCUT2D eigenvalue weighted by atomic mass is 9.90. The summed E-state index contributed by atoms with van der Waals surface area (Å²) in [7, 11) is 3.16. The van der Waals surface area contributed by atoms with Crippen LogP contribution in [-0.4, -0.2) is 71.8 Å². The highest BCUT2D eigenvalue weighted by Crippen LogP contribution is 2.33. The highest BCUT2D eigenvalue weighted by atomic mass is 19.4. The number of ether oxygens (including phenoxy) is 1. The summed E-state index contributed by atoms with van der Waals surface area (Å²) in [5.74, 6) is -1.22. The van der Waals surface area contributed by atoms with Crippen LogP contribution in [0, 0.1) is 5.92 Å². The molecule has 1 N–H and O–H groups in total. The average molecular weight is 402 g/mol. The van der Waals surface area contributed by atoms with Gasteiger partial charge < -0.3 is 19.6 Å². The van der Waals surface area contributed by atoms with Crippen LogP contribution < -0.4 is 4.74 Å². The quantitative estimate of drug-likeness (QED) is 0.839. The summed E-state index contributed by atoms with van der Waals surface area (Å²) >= 11 is 0. The third-order valence-electron chi connectivity index (χ3n) is 5.27. The highest BCUT2D eigenvalue weighted by Gasteiger charge is 2.57. The maximum Gasteiger partial charge on any atom is 0.426 e. The third-order valence-corrected chi connectivity index (χ3v) is 5.27. The number of halogens is 3. The lowest BCUT2D eigenvalue weighted by Crippen LogP contribution is -2.60. The summed E-state index contributed by atoms with van der Waals surface area (Å²) in [5.41, 5.74) is -2.96. The molecule has 0 aromatic heterocycles. The summed E-state index contributed by atoms with van der Waals surface area (Å²) in [5, 5.41) is 9.62. The number of hydrogen-bond acceptors (Lipinski definition) is 4. The molecule has 1 aliphatic heterocycles. The molecule has 2 amide bonds. The summed E-state index contributed by atoms with van der Waals surface area (Å²) in [4.78, 5) is 27.4. The van der Waals surface area contributed by atoms with Gasteiger partial charge in [0, 0.05) is 31.7 Å². The Morgan fingerprint density at radius 3 is 2.29 bits per heavy atom. The first kappa shape index (κ1) is 22.0. The van der Waals surface area contributed by atoms with Crippen LogP contribution in [0.25, 0.3) is 0 Å². The highest BCUT2D eigenvalue weighted by molar-refractivity contribution is 5.94. The molecular formula is C19H25F3N2O4. The Balaban J connectivity index is 2.06. The third kappa shape index (κ3) is 4.24. The number of amides is 2. The number of benzene rings is 1. The van der Waals surface area contributed by atoms with Gasteiger partial charge in [-0.3, -0.25) is 9.59 Å². The minimum Gasteiger partial charge on any atom is -0.497 e. The van der Waals surface area contributed by atoms with E-state index in [2.05, 4.69) is 0 Å². The Morgan fingerprint density at radius 2 is 1.82 bits per heavy atom. The van der Waals surface area contributed by atoms with Crippen molar-refractivity contribution < 1.29 is 32.6 Å². The minimum absolute atomic E-state index is 0.0238. The van der Waals surface area contributed by atoms with Gasteiger partial charge in [0.15, 0.2) is 0 Å². The zero-order valence-corrected chi connectivity index (χ0v) is 16.3. The summed E-state index contributed by atoms with van der Waals surface area (Å²) in [6, 6.07) is 6.38. The van der Waals surface area contributed by atoms with Crippen LogP contribution in [0.2, 0.25) is 0 Å². The van der Waals surface area contributed by atoms with Gasteiger partial charge in [-0.1, -0.05) is 6.92 Å². The predicted octanol–water partition coefficient (Wildman–Crippen LogP) is 2.32. The van der Waals surface area contributed by atoms with Crippen molar-refractivity contribution in [1.82, 2.24) is 9.80 Å². The normalized spacial score (nSPS) is 22.4. The van der Waals surface area contributed by atoms with Crippen molar-refractivity contribution in [1.29, 1.82) is 0 Å². The standard InChI is InChI=1S/C19H25F3N2O4/c1-12-11-24(17(26)18(2,27)19(20,21)22)10-9-15(12)23(3)16(25)13-5-7-14(28-4)8-6-13/h5-8,12,15,27H,9-11H2,1-4H3. The molecule has 3 unspecified atom stereocenters. The molecule has 6 nitrogen and oxygen atoms in total. The first-order valence-electron chi connectivity index (χ1n) is 8.89. The van der Waals surface area contributed by atoms with Crippen molar-refractivity contribution in [3.05, 3.63) is 29.8 Å². The molecule has 1 fully saturated rings. The van der Waals surface area contributed by atoms with E-state index >= 15 is 0 Å². The largest absolute Gasteiger partial charge is 0.497 e. The second-order valence-corrected chi connectivity index (χ2v) is 7.30. The predicted molar refractivity (Wildman–Crippen MR) is 95.9 cm³/mol. The second-order valence-electron chi connectivity index (χ2n) is 7.30. The molecule has 0 saturated carbocycles.